The molecule has 6 nitrogen and oxygen atoms in total. The highest BCUT2D eigenvalue weighted by molar-refractivity contribution is 5.41. The maximum atomic E-state index is 10.9. The van der Waals surface area contributed by atoms with Crippen molar-refractivity contribution < 1.29 is 4.92 Å². The molecule has 100 valence electrons. The Labute approximate surface area is 111 Å². The predicted octanol–water partition coefficient (Wildman–Crippen LogP) is 2.21. The van der Waals surface area contributed by atoms with Crippen molar-refractivity contribution in [2.24, 2.45) is 0 Å². The van der Waals surface area contributed by atoms with Crippen LogP contribution in [0.4, 0.5) is 5.69 Å². The molecule has 1 heterocycles. The fourth-order valence-electron chi connectivity index (χ4n) is 1.97. The van der Waals surface area contributed by atoms with Gasteiger partial charge in [-0.1, -0.05) is 18.2 Å². The van der Waals surface area contributed by atoms with Gasteiger partial charge in [0, 0.05) is 43.0 Å². The lowest BCUT2D eigenvalue weighted by Gasteiger charge is -2.13. The molecule has 2 N–H and O–H groups in total. The average Bonchev–Trinajstić information content (AvgIpc) is 2.91. The van der Waals surface area contributed by atoms with Crippen molar-refractivity contribution in [2.45, 2.75) is 19.4 Å². The second-order valence-corrected chi connectivity index (χ2v) is 4.28. The summed E-state index contributed by atoms with van der Waals surface area (Å²) >= 11 is 0. The van der Waals surface area contributed by atoms with Gasteiger partial charge >= 0.3 is 0 Å². The highest BCUT2D eigenvalue weighted by Crippen LogP contribution is 2.24. The minimum Gasteiger partial charge on any atom is -0.349 e. The van der Waals surface area contributed by atoms with E-state index in [1.54, 1.807) is 24.5 Å². The number of aromatic amines is 1. The summed E-state index contributed by atoms with van der Waals surface area (Å²) in [7, 11) is 0. The smallest absolute Gasteiger partial charge is 0.274 e. The highest BCUT2D eigenvalue weighted by atomic mass is 16.6. The maximum absolute atomic E-state index is 10.9. The summed E-state index contributed by atoms with van der Waals surface area (Å²) in [4.78, 5) is 17.8. The number of nitro groups is 1. The van der Waals surface area contributed by atoms with E-state index < -0.39 is 0 Å². The van der Waals surface area contributed by atoms with Gasteiger partial charge in [0.05, 0.1) is 4.92 Å². The summed E-state index contributed by atoms with van der Waals surface area (Å²) in [5.41, 5.74) is 0.854. The summed E-state index contributed by atoms with van der Waals surface area (Å²) < 4.78 is 0. The van der Waals surface area contributed by atoms with Gasteiger partial charge in [-0.05, 0) is 6.92 Å². The molecule has 1 atom stereocenters. The molecule has 2 rings (SSSR count). The number of hydrogen-bond donors (Lipinski definition) is 2. The standard InChI is InChI=1S/C13H16N4O2/c1-10(14-7-6-13-15-8-9-16-13)11-4-2-3-5-12(11)17(18)19/h2-5,8-10,14H,6-7H2,1H3,(H,15,16). The van der Waals surface area contributed by atoms with Gasteiger partial charge in [0.15, 0.2) is 0 Å². The second-order valence-electron chi connectivity index (χ2n) is 4.28. The SMILES string of the molecule is CC(NCCc1ncc[nH]1)c1ccccc1[N+](=O)[O-]. The third-order valence-electron chi connectivity index (χ3n) is 2.97. The molecule has 0 saturated heterocycles. The molecule has 6 heteroatoms. The van der Waals surface area contributed by atoms with Gasteiger partial charge in [0.25, 0.3) is 5.69 Å². The number of imidazole rings is 1. The molecule has 0 fully saturated rings. The third kappa shape index (κ3) is 3.38. The van der Waals surface area contributed by atoms with Crippen LogP contribution in [-0.2, 0) is 6.42 Å². The van der Waals surface area contributed by atoms with Gasteiger partial charge in [-0.3, -0.25) is 10.1 Å². The number of H-pyrrole nitrogens is 1. The minimum atomic E-state index is -0.347. The van der Waals surface area contributed by atoms with E-state index in [1.165, 1.54) is 6.07 Å². The van der Waals surface area contributed by atoms with Crippen LogP contribution in [0.1, 0.15) is 24.4 Å². The molecule has 0 bridgehead atoms. The van der Waals surface area contributed by atoms with Crippen molar-refractivity contribution in [1.29, 1.82) is 0 Å². The van der Waals surface area contributed by atoms with Crippen molar-refractivity contribution in [3.8, 4) is 0 Å². The Kier molecular flexibility index (Phi) is 4.25. The zero-order valence-electron chi connectivity index (χ0n) is 10.7. The monoisotopic (exact) mass is 260 g/mol. The van der Waals surface area contributed by atoms with Crippen LogP contribution in [0.15, 0.2) is 36.7 Å². The van der Waals surface area contributed by atoms with Crippen molar-refractivity contribution in [1.82, 2.24) is 15.3 Å². The first kappa shape index (κ1) is 13.2. The van der Waals surface area contributed by atoms with E-state index in [9.17, 15) is 10.1 Å². The fourth-order valence-corrected chi connectivity index (χ4v) is 1.97. The molecular weight excluding hydrogens is 244 g/mol. The molecule has 0 aliphatic rings. The largest absolute Gasteiger partial charge is 0.349 e. The summed E-state index contributed by atoms with van der Waals surface area (Å²) in [5, 5.41) is 14.2. The van der Waals surface area contributed by atoms with Gasteiger partial charge in [-0.15, -0.1) is 0 Å². The van der Waals surface area contributed by atoms with Crippen LogP contribution in [0.25, 0.3) is 0 Å². The van der Waals surface area contributed by atoms with Crippen LogP contribution < -0.4 is 5.32 Å². The Hall–Kier alpha value is -2.21. The molecule has 0 saturated carbocycles. The molecule has 1 aromatic heterocycles. The van der Waals surface area contributed by atoms with Gasteiger partial charge in [0.1, 0.15) is 5.82 Å². The normalized spacial score (nSPS) is 12.3. The Bertz CT molecular complexity index is 539. The molecule has 0 amide bonds. The van der Waals surface area contributed by atoms with E-state index >= 15 is 0 Å². The molecule has 0 radical (unpaired) electrons. The number of aromatic nitrogens is 2. The number of rotatable bonds is 6. The molecule has 1 unspecified atom stereocenters. The van der Waals surface area contributed by atoms with E-state index in [4.69, 9.17) is 0 Å². The van der Waals surface area contributed by atoms with Crippen LogP contribution in [-0.4, -0.2) is 21.4 Å². The average molecular weight is 260 g/mol. The van der Waals surface area contributed by atoms with Gasteiger partial charge in [0.2, 0.25) is 0 Å². The van der Waals surface area contributed by atoms with Crippen LogP contribution >= 0.6 is 0 Å². The van der Waals surface area contributed by atoms with Crippen LogP contribution in [0.2, 0.25) is 0 Å². The first-order valence-electron chi connectivity index (χ1n) is 6.13. The second kappa shape index (κ2) is 6.10. The Morgan fingerprint density at radius 2 is 2.26 bits per heavy atom. The van der Waals surface area contributed by atoms with Crippen molar-refractivity contribution in [3.05, 3.63) is 58.2 Å². The first-order chi connectivity index (χ1) is 9.18. The zero-order chi connectivity index (χ0) is 13.7. The molecule has 2 aromatic rings. The van der Waals surface area contributed by atoms with Gasteiger partial charge < -0.3 is 10.3 Å². The fraction of sp³-hybridized carbons (Fsp3) is 0.308. The van der Waals surface area contributed by atoms with Crippen LogP contribution in [0.5, 0.6) is 0 Å². The lowest BCUT2D eigenvalue weighted by molar-refractivity contribution is -0.385. The lowest BCUT2D eigenvalue weighted by atomic mass is 10.1. The number of hydrogen-bond acceptors (Lipinski definition) is 4. The molecule has 19 heavy (non-hydrogen) atoms. The van der Waals surface area contributed by atoms with E-state index in [0.29, 0.717) is 12.1 Å². The summed E-state index contributed by atoms with van der Waals surface area (Å²) in [6, 6.07) is 6.73. The van der Waals surface area contributed by atoms with Crippen LogP contribution in [0, 0.1) is 10.1 Å². The number of para-hydroxylation sites is 1. The highest BCUT2D eigenvalue weighted by Gasteiger charge is 2.17. The Balaban J connectivity index is 1.96. The maximum Gasteiger partial charge on any atom is 0.274 e. The molecule has 1 aromatic carbocycles. The number of benzene rings is 1. The van der Waals surface area contributed by atoms with E-state index in [2.05, 4.69) is 15.3 Å². The summed E-state index contributed by atoms with van der Waals surface area (Å²) in [6.45, 7) is 2.63. The van der Waals surface area contributed by atoms with Crippen molar-refractivity contribution in [3.63, 3.8) is 0 Å². The topological polar surface area (TPSA) is 83.8 Å². The molecule has 0 aliphatic carbocycles. The summed E-state index contributed by atoms with van der Waals surface area (Å²) in [6.07, 6.45) is 4.25. The number of nitrogens with zero attached hydrogens (tertiary/aromatic N) is 2. The number of nitrogens with one attached hydrogen (secondary N) is 2. The van der Waals surface area contributed by atoms with Gasteiger partial charge in [-0.2, -0.15) is 0 Å². The third-order valence-corrected chi connectivity index (χ3v) is 2.97. The summed E-state index contributed by atoms with van der Waals surface area (Å²) in [5.74, 6) is 0.905. The minimum absolute atomic E-state index is 0.0726. The van der Waals surface area contributed by atoms with E-state index in [0.717, 1.165) is 12.2 Å². The lowest BCUT2D eigenvalue weighted by Crippen LogP contribution is -2.22. The Morgan fingerprint density at radius 1 is 1.47 bits per heavy atom. The van der Waals surface area contributed by atoms with Gasteiger partial charge in [-0.25, -0.2) is 4.98 Å². The first-order valence-corrected chi connectivity index (χ1v) is 6.13. The molecular formula is C13H16N4O2. The van der Waals surface area contributed by atoms with E-state index in [1.807, 2.05) is 13.0 Å². The Morgan fingerprint density at radius 3 is 2.95 bits per heavy atom. The quantitative estimate of drug-likeness (QED) is 0.616. The van der Waals surface area contributed by atoms with Crippen LogP contribution in [0.3, 0.4) is 0 Å². The molecule has 0 aliphatic heterocycles. The van der Waals surface area contributed by atoms with Crippen molar-refractivity contribution >= 4 is 5.69 Å². The molecule has 0 spiro atoms. The van der Waals surface area contributed by atoms with E-state index in [-0.39, 0.29) is 16.7 Å². The number of nitro benzene ring substituents is 1. The predicted molar refractivity (Wildman–Crippen MR) is 71.8 cm³/mol. The zero-order valence-corrected chi connectivity index (χ0v) is 10.7. The van der Waals surface area contributed by atoms with Crippen molar-refractivity contribution in [2.75, 3.05) is 6.54 Å².